The number of carbonyl (C=O) groups excluding carboxylic acids is 2. The first-order valence-electron chi connectivity index (χ1n) is 22.8. The first-order chi connectivity index (χ1) is 34.5. The Balaban J connectivity index is 1.33. The number of carbonyl (C=O) groups is 2. The minimum atomic E-state index is -1.18. The molecule has 0 unspecified atom stereocenters. The molecule has 0 aliphatic rings. The normalized spacial score (nSPS) is 10.9. The van der Waals surface area contributed by atoms with Gasteiger partial charge in [0.05, 0.1) is 25.3 Å². The molecule has 0 heterocycles. The van der Waals surface area contributed by atoms with Gasteiger partial charge >= 0.3 is 11.9 Å². The Labute approximate surface area is 411 Å². The van der Waals surface area contributed by atoms with E-state index in [0.29, 0.717) is 11.1 Å². The van der Waals surface area contributed by atoms with Crippen LogP contribution in [-0.2, 0) is 9.47 Å². The Morgan fingerprint density at radius 2 is 0.629 bits per heavy atom. The van der Waals surface area contributed by atoms with Gasteiger partial charge in [-0.3, -0.25) is 0 Å². The molecule has 0 amide bonds. The Hall–Kier alpha value is -8.36. The quantitative estimate of drug-likeness (QED) is 0.0822. The van der Waals surface area contributed by atoms with Crippen LogP contribution < -0.4 is 31.8 Å². The van der Waals surface area contributed by atoms with E-state index in [1.165, 1.54) is 46.0 Å². The molecule has 4 nitrogen and oxygen atoms in total. The van der Waals surface area contributed by atoms with Gasteiger partial charge in [-0.05, 0) is 141 Å². The highest BCUT2D eigenvalue weighted by Gasteiger charge is 2.30. The van der Waals surface area contributed by atoms with Crippen molar-refractivity contribution in [3.05, 3.63) is 264 Å². The number of rotatable bonds is 9. The summed E-state index contributed by atoms with van der Waals surface area (Å²) in [6, 6.07) is 79.9. The number of ether oxygens (including phenoxy) is 2. The largest absolute Gasteiger partial charge is 0.465 e. The van der Waals surface area contributed by atoms with Gasteiger partial charge in [-0.2, -0.15) is 0 Å². The van der Waals surface area contributed by atoms with Crippen molar-refractivity contribution in [2.24, 2.45) is 0 Å². The zero-order chi connectivity index (χ0) is 47.8. The third kappa shape index (κ3) is 9.41. The lowest BCUT2D eigenvalue weighted by molar-refractivity contribution is 0.0592. The van der Waals surface area contributed by atoms with Crippen molar-refractivity contribution in [1.29, 1.82) is 0 Å². The van der Waals surface area contributed by atoms with Gasteiger partial charge in [0.1, 0.15) is 0 Å². The number of esters is 2. The van der Waals surface area contributed by atoms with Gasteiger partial charge in [0.15, 0.2) is 0 Å². The summed E-state index contributed by atoms with van der Waals surface area (Å²) in [7, 11) is 0.412. The summed E-state index contributed by atoms with van der Waals surface area (Å²) in [6.07, 6.45) is 0. The monoisotopic (exact) mass is 938 g/mol. The first-order valence-corrected chi connectivity index (χ1v) is 25.5. The van der Waals surface area contributed by atoms with E-state index in [-0.39, 0.29) is 11.9 Å². The van der Waals surface area contributed by atoms with Crippen molar-refractivity contribution in [2.75, 3.05) is 14.2 Å². The summed E-state index contributed by atoms with van der Waals surface area (Å²) in [4.78, 5) is 24.6. The lowest BCUT2D eigenvalue weighted by Crippen LogP contribution is -2.26. The molecule has 0 aliphatic carbocycles. The molecule has 0 aliphatic heterocycles. The molecular weight excluding hydrogens is 895 g/mol. The Kier molecular flexibility index (Phi) is 13.5. The molecule has 0 aromatic heterocycles. The molecule has 70 heavy (non-hydrogen) atoms. The van der Waals surface area contributed by atoms with Crippen LogP contribution in [0.5, 0.6) is 0 Å². The van der Waals surface area contributed by atoms with E-state index in [9.17, 15) is 9.59 Å². The number of hydrogen-bond acceptors (Lipinski definition) is 4. The second-order valence-corrected chi connectivity index (χ2v) is 20.7. The molecule has 334 valence electrons. The maximum atomic E-state index is 12.3. The fraction of sp³-hybridized carbons (Fsp3) is 0.0312. The average molecular weight is 939 g/mol. The van der Waals surface area contributed by atoms with Gasteiger partial charge in [0.2, 0.25) is 0 Å². The van der Waals surface area contributed by atoms with Gasteiger partial charge < -0.3 is 9.47 Å². The average Bonchev–Trinajstić information content (AvgIpc) is 3.43. The second-order valence-electron chi connectivity index (χ2n) is 16.4. The Bertz CT molecular complexity index is 3320. The zero-order valence-electron chi connectivity index (χ0n) is 38.5. The highest BCUT2D eigenvalue weighted by molar-refractivity contribution is 7.80. The van der Waals surface area contributed by atoms with E-state index in [1.807, 2.05) is 24.3 Å². The van der Waals surface area contributed by atoms with Crippen molar-refractivity contribution in [3.8, 4) is 34.8 Å². The fourth-order valence-electron chi connectivity index (χ4n) is 8.86. The van der Waals surface area contributed by atoms with Crippen LogP contribution in [0, 0.1) is 23.7 Å². The zero-order valence-corrected chi connectivity index (χ0v) is 40.3. The summed E-state index contributed by atoms with van der Waals surface area (Å²) >= 11 is 0. The fourth-order valence-corrected chi connectivity index (χ4v) is 13.9. The van der Waals surface area contributed by atoms with E-state index in [0.717, 1.165) is 54.9 Å². The molecule has 10 aromatic carbocycles. The van der Waals surface area contributed by atoms with Crippen LogP contribution in [0.1, 0.15) is 43.0 Å². The topological polar surface area (TPSA) is 52.6 Å². The smallest absolute Gasteiger partial charge is 0.337 e. The maximum Gasteiger partial charge on any atom is 0.337 e. The van der Waals surface area contributed by atoms with Crippen LogP contribution in [0.3, 0.4) is 0 Å². The van der Waals surface area contributed by atoms with Gasteiger partial charge in [-0.15, -0.1) is 0 Å². The summed E-state index contributed by atoms with van der Waals surface area (Å²) < 4.78 is 9.94. The minimum Gasteiger partial charge on any atom is -0.465 e. The van der Waals surface area contributed by atoms with Crippen molar-refractivity contribution in [2.45, 2.75) is 0 Å². The molecule has 10 rings (SSSR count). The number of benzene rings is 10. The molecule has 0 bridgehead atoms. The molecule has 0 spiro atoms. The van der Waals surface area contributed by atoms with Crippen LogP contribution in [0.15, 0.2) is 231 Å². The number of methoxy groups -OCH3 is 2. The lowest BCUT2D eigenvalue weighted by Gasteiger charge is -2.29. The molecule has 0 N–H and O–H groups in total. The standard InChI is InChI=1S/C64H44O4P2/c1-67-63(65)47-37-31-45(32-38-47)35-41-49-43-59(69(51-19-7-3-8-20-51)52-21-9-4-10-22-52)61(57-29-17-15-27-55(49)57)62-58-30-18-16-28-56(58)50(42-36-46-33-39-48(40-34-46)64(66)68-2)44-60(62)70(53-23-11-5-12-24-53)54-25-13-6-14-26-54/h3-34,37-40,43-44H,1-2H3. The second kappa shape index (κ2) is 20.9. The van der Waals surface area contributed by atoms with Crippen LogP contribution in [0.2, 0.25) is 0 Å². The molecule has 0 saturated heterocycles. The SMILES string of the molecule is COC(=O)c1ccc(C#Cc2cc(P(c3ccccc3)c3ccccc3)c(-c3c(P(c4ccccc4)c4ccccc4)cc(C#Cc4ccc(C(=O)OC)cc4)c4ccccc34)c3ccccc23)cc1. The predicted octanol–water partition coefficient (Wildman–Crippen LogP) is 11.5. The van der Waals surface area contributed by atoms with Gasteiger partial charge in [0, 0.05) is 22.3 Å². The summed E-state index contributed by atoms with van der Waals surface area (Å²) in [5.74, 6) is 13.4. The molecule has 6 heteroatoms. The van der Waals surface area contributed by atoms with E-state index in [4.69, 9.17) is 9.47 Å². The highest BCUT2D eigenvalue weighted by atomic mass is 31.1. The number of hydrogen-bond donors (Lipinski definition) is 0. The maximum absolute atomic E-state index is 12.3. The molecule has 0 atom stereocenters. The van der Waals surface area contributed by atoms with Gasteiger partial charge in [0.25, 0.3) is 0 Å². The van der Waals surface area contributed by atoms with Crippen LogP contribution in [0.4, 0.5) is 0 Å². The third-order valence-electron chi connectivity index (χ3n) is 12.1. The van der Waals surface area contributed by atoms with Crippen LogP contribution in [-0.4, -0.2) is 26.2 Å². The van der Waals surface area contributed by atoms with Crippen molar-refractivity contribution >= 4 is 81.2 Å². The lowest BCUT2D eigenvalue weighted by atomic mass is 9.90. The molecular formula is C64H44O4P2. The first kappa shape index (κ1) is 45.4. The van der Waals surface area contributed by atoms with E-state index >= 15 is 0 Å². The summed E-state index contributed by atoms with van der Waals surface area (Å²) in [5, 5.41) is 11.5. The predicted molar refractivity (Wildman–Crippen MR) is 292 cm³/mol. The third-order valence-corrected chi connectivity index (χ3v) is 17.1. The minimum absolute atomic E-state index is 0.386. The van der Waals surface area contributed by atoms with E-state index in [1.54, 1.807) is 24.3 Å². The molecule has 0 fully saturated rings. The summed E-state index contributed by atoms with van der Waals surface area (Å²) in [5.41, 5.74) is 6.66. The van der Waals surface area contributed by atoms with Crippen molar-refractivity contribution in [3.63, 3.8) is 0 Å². The van der Waals surface area contributed by atoms with Crippen LogP contribution in [0.25, 0.3) is 32.7 Å². The van der Waals surface area contributed by atoms with Crippen molar-refractivity contribution in [1.82, 2.24) is 0 Å². The van der Waals surface area contributed by atoms with Crippen molar-refractivity contribution < 1.29 is 19.1 Å². The highest BCUT2D eigenvalue weighted by Crippen LogP contribution is 2.47. The molecule has 10 aromatic rings. The van der Waals surface area contributed by atoms with Crippen LogP contribution >= 0.6 is 15.8 Å². The summed E-state index contributed by atoms with van der Waals surface area (Å²) in [6.45, 7) is 0. The Morgan fingerprint density at radius 3 is 0.929 bits per heavy atom. The van der Waals surface area contributed by atoms with E-state index < -0.39 is 15.8 Å². The molecule has 0 saturated carbocycles. The van der Waals surface area contributed by atoms with Gasteiger partial charge in [-0.25, -0.2) is 9.59 Å². The molecule has 0 radical (unpaired) electrons. The van der Waals surface area contributed by atoms with Gasteiger partial charge in [-0.1, -0.05) is 194 Å². The number of fused-ring (bicyclic) bond motifs is 2. The Morgan fingerprint density at radius 1 is 0.343 bits per heavy atom. The van der Waals surface area contributed by atoms with E-state index in [2.05, 4.69) is 206 Å².